The van der Waals surface area contributed by atoms with E-state index in [2.05, 4.69) is 5.32 Å². The third-order valence-corrected chi connectivity index (χ3v) is 4.35. The highest BCUT2D eigenvalue weighted by molar-refractivity contribution is 7.89. The van der Waals surface area contributed by atoms with Gasteiger partial charge in [0.05, 0.1) is 10.5 Å². The van der Waals surface area contributed by atoms with Crippen molar-refractivity contribution in [3.05, 3.63) is 65.2 Å². The Morgan fingerprint density at radius 1 is 1.04 bits per heavy atom. The molecule has 0 bridgehead atoms. The summed E-state index contributed by atoms with van der Waals surface area (Å²) in [5.74, 6) is -3.48. The van der Waals surface area contributed by atoms with E-state index in [0.717, 1.165) is 17.7 Å². The van der Waals surface area contributed by atoms with Crippen LogP contribution in [-0.4, -0.2) is 33.4 Å². The third-order valence-electron chi connectivity index (χ3n) is 3.42. The van der Waals surface area contributed by atoms with Crippen LogP contribution in [0.15, 0.2) is 47.4 Å². The minimum Gasteiger partial charge on any atom is -0.452 e. The average molecular weight is 398 g/mol. The number of primary sulfonamides is 1. The molecule has 0 fully saturated rings. The molecule has 0 aliphatic rings. The van der Waals surface area contributed by atoms with E-state index in [4.69, 9.17) is 9.88 Å². The van der Waals surface area contributed by atoms with Crippen LogP contribution >= 0.6 is 0 Å². The minimum absolute atomic E-state index is 0.0176. The summed E-state index contributed by atoms with van der Waals surface area (Å²) < 4.78 is 53.1. The summed E-state index contributed by atoms with van der Waals surface area (Å²) in [6, 6.07) is 8.04. The molecule has 0 aliphatic heterocycles. The fourth-order valence-electron chi connectivity index (χ4n) is 2.13. The predicted molar refractivity (Wildman–Crippen MR) is 91.2 cm³/mol. The Bertz CT molecular complexity index is 926. The molecule has 0 saturated carbocycles. The first kappa shape index (κ1) is 20.5. The Hall–Kier alpha value is -2.85. The molecule has 0 atom stereocenters. The van der Waals surface area contributed by atoms with Gasteiger partial charge in [-0.05, 0) is 36.2 Å². The molecule has 0 radical (unpaired) electrons. The normalized spacial score (nSPS) is 11.1. The van der Waals surface area contributed by atoms with Gasteiger partial charge >= 0.3 is 5.97 Å². The first-order valence-corrected chi connectivity index (χ1v) is 9.21. The van der Waals surface area contributed by atoms with Gasteiger partial charge < -0.3 is 10.1 Å². The van der Waals surface area contributed by atoms with Crippen LogP contribution in [0.5, 0.6) is 0 Å². The number of carbonyl (C=O) groups is 2. The summed E-state index contributed by atoms with van der Waals surface area (Å²) in [6.07, 6.45) is 0.402. The second-order valence-corrected chi connectivity index (χ2v) is 7.08. The number of sulfonamides is 1. The fourth-order valence-corrected chi connectivity index (χ4v) is 2.64. The number of esters is 1. The van der Waals surface area contributed by atoms with Gasteiger partial charge in [-0.3, -0.25) is 4.79 Å². The average Bonchev–Trinajstić information content (AvgIpc) is 2.58. The van der Waals surface area contributed by atoms with Crippen molar-refractivity contribution in [3.63, 3.8) is 0 Å². The predicted octanol–water partition coefficient (Wildman–Crippen LogP) is 1.13. The molecule has 7 nitrogen and oxygen atoms in total. The SMILES string of the molecule is NS(=O)(=O)c1ccc(CCNC(=O)COC(=O)c2cc(F)cc(F)c2)cc1. The highest BCUT2D eigenvalue weighted by Gasteiger charge is 2.13. The zero-order valence-electron chi connectivity index (χ0n) is 13.9. The largest absolute Gasteiger partial charge is 0.452 e. The van der Waals surface area contributed by atoms with Crippen LogP contribution in [0.25, 0.3) is 0 Å². The summed E-state index contributed by atoms with van der Waals surface area (Å²) in [4.78, 5) is 23.3. The van der Waals surface area contributed by atoms with Crippen LogP contribution in [0.3, 0.4) is 0 Å². The van der Waals surface area contributed by atoms with E-state index in [9.17, 15) is 26.8 Å². The van der Waals surface area contributed by atoms with Crippen molar-refractivity contribution in [1.82, 2.24) is 5.32 Å². The number of rotatable bonds is 7. The van der Waals surface area contributed by atoms with E-state index in [-0.39, 0.29) is 17.0 Å². The van der Waals surface area contributed by atoms with Gasteiger partial charge in [-0.1, -0.05) is 12.1 Å². The van der Waals surface area contributed by atoms with Gasteiger partial charge in [0.25, 0.3) is 5.91 Å². The Labute approximate surface area is 154 Å². The molecule has 2 aromatic rings. The summed E-state index contributed by atoms with van der Waals surface area (Å²) in [5, 5.41) is 7.49. The van der Waals surface area contributed by atoms with Crippen LogP contribution in [0, 0.1) is 11.6 Å². The molecule has 144 valence electrons. The summed E-state index contributed by atoms with van der Waals surface area (Å²) >= 11 is 0. The zero-order valence-corrected chi connectivity index (χ0v) is 14.8. The van der Waals surface area contributed by atoms with Crippen LogP contribution < -0.4 is 10.5 Å². The van der Waals surface area contributed by atoms with Gasteiger partial charge in [0, 0.05) is 12.6 Å². The number of hydrogen-bond donors (Lipinski definition) is 2. The standard InChI is InChI=1S/C17H16F2N2O5S/c18-13-7-12(8-14(19)9-13)17(23)26-10-16(22)21-6-5-11-1-3-15(4-2-11)27(20,24)25/h1-4,7-9H,5-6,10H2,(H,21,22)(H2,20,24,25). The van der Waals surface area contributed by atoms with Crippen molar-refractivity contribution in [2.45, 2.75) is 11.3 Å². The monoisotopic (exact) mass is 398 g/mol. The quantitative estimate of drug-likeness (QED) is 0.679. The lowest BCUT2D eigenvalue weighted by Gasteiger charge is -2.07. The Kier molecular flexibility index (Phi) is 6.59. The van der Waals surface area contributed by atoms with Gasteiger partial charge in [0.2, 0.25) is 10.0 Å². The summed E-state index contributed by atoms with van der Waals surface area (Å²) in [6.45, 7) is -0.402. The second kappa shape index (κ2) is 8.69. The van der Waals surface area contributed by atoms with E-state index >= 15 is 0 Å². The van der Waals surface area contributed by atoms with Crippen LogP contribution in [0.1, 0.15) is 15.9 Å². The lowest BCUT2D eigenvalue weighted by atomic mass is 10.1. The molecule has 0 aliphatic carbocycles. The molecule has 2 aromatic carbocycles. The van der Waals surface area contributed by atoms with E-state index < -0.39 is 40.1 Å². The number of nitrogens with two attached hydrogens (primary N) is 1. The molecule has 1 amide bonds. The number of hydrogen-bond acceptors (Lipinski definition) is 5. The van der Waals surface area contributed by atoms with Crippen LogP contribution in [0.4, 0.5) is 8.78 Å². The fraction of sp³-hybridized carbons (Fsp3) is 0.176. The zero-order chi connectivity index (χ0) is 20.0. The molecule has 3 N–H and O–H groups in total. The third kappa shape index (κ3) is 6.42. The molecule has 0 unspecified atom stereocenters. The number of benzene rings is 2. The lowest BCUT2D eigenvalue weighted by molar-refractivity contribution is -0.124. The molecule has 27 heavy (non-hydrogen) atoms. The number of halogens is 2. The summed E-state index contributed by atoms with van der Waals surface area (Å²) in [5.41, 5.74) is 0.421. The van der Waals surface area contributed by atoms with Crippen molar-refractivity contribution < 1.29 is 31.5 Å². The van der Waals surface area contributed by atoms with Gasteiger partial charge in [0.15, 0.2) is 6.61 Å². The molecular formula is C17H16F2N2O5S. The van der Waals surface area contributed by atoms with E-state index in [1.54, 1.807) is 12.1 Å². The van der Waals surface area contributed by atoms with E-state index in [1.165, 1.54) is 12.1 Å². The molecule has 0 saturated heterocycles. The van der Waals surface area contributed by atoms with Crippen molar-refractivity contribution >= 4 is 21.9 Å². The first-order chi connectivity index (χ1) is 12.6. The number of amides is 1. The van der Waals surface area contributed by atoms with Crippen molar-refractivity contribution in [2.24, 2.45) is 5.14 Å². The highest BCUT2D eigenvalue weighted by atomic mass is 32.2. The maximum Gasteiger partial charge on any atom is 0.338 e. The topological polar surface area (TPSA) is 116 Å². The van der Waals surface area contributed by atoms with Gasteiger partial charge in [-0.25, -0.2) is 27.1 Å². The first-order valence-electron chi connectivity index (χ1n) is 7.67. The number of carbonyl (C=O) groups excluding carboxylic acids is 2. The molecule has 2 rings (SSSR count). The van der Waals surface area contributed by atoms with Crippen molar-refractivity contribution in [3.8, 4) is 0 Å². The van der Waals surface area contributed by atoms with Gasteiger partial charge in [-0.15, -0.1) is 0 Å². The molecule has 0 aromatic heterocycles. The minimum atomic E-state index is -3.76. The molecule has 10 heteroatoms. The van der Waals surface area contributed by atoms with Crippen LogP contribution in [0.2, 0.25) is 0 Å². The van der Waals surface area contributed by atoms with E-state index in [1.807, 2.05) is 0 Å². The lowest BCUT2D eigenvalue weighted by Crippen LogP contribution is -2.30. The molecule has 0 heterocycles. The maximum absolute atomic E-state index is 13.0. The van der Waals surface area contributed by atoms with Gasteiger partial charge in [-0.2, -0.15) is 0 Å². The highest BCUT2D eigenvalue weighted by Crippen LogP contribution is 2.10. The number of nitrogens with one attached hydrogen (secondary N) is 1. The molecular weight excluding hydrogens is 382 g/mol. The maximum atomic E-state index is 13.0. The second-order valence-electron chi connectivity index (χ2n) is 5.52. The Morgan fingerprint density at radius 2 is 1.63 bits per heavy atom. The van der Waals surface area contributed by atoms with Crippen molar-refractivity contribution in [1.29, 1.82) is 0 Å². The van der Waals surface area contributed by atoms with Crippen molar-refractivity contribution in [2.75, 3.05) is 13.2 Å². The Balaban J connectivity index is 1.77. The van der Waals surface area contributed by atoms with Crippen LogP contribution in [-0.2, 0) is 26.0 Å². The summed E-state index contributed by atoms with van der Waals surface area (Å²) in [7, 11) is -3.76. The number of ether oxygens (including phenoxy) is 1. The van der Waals surface area contributed by atoms with E-state index in [0.29, 0.717) is 12.5 Å². The van der Waals surface area contributed by atoms with Gasteiger partial charge in [0.1, 0.15) is 11.6 Å². The molecule has 0 spiro atoms. The Morgan fingerprint density at radius 3 is 2.19 bits per heavy atom. The smallest absolute Gasteiger partial charge is 0.338 e.